The lowest BCUT2D eigenvalue weighted by molar-refractivity contribution is 0.103. The first-order valence-corrected chi connectivity index (χ1v) is 7.16. The van der Waals surface area contributed by atoms with Crippen molar-refractivity contribution in [3.63, 3.8) is 0 Å². The van der Waals surface area contributed by atoms with Crippen LogP contribution in [0.15, 0.2) is 30.3 Å². The zero-order chi connectivity index (χ0) is 15.6. The van der Waals surface area contributed by atoms with Gasteiger partial charge in [0.25, 0.3) is 0 Å². The SMILES string of the molecule is CCOc1c(C)cc(Cl)c(C)c1C(=O)c1ccc(N)cc1. The van der Waals surface area contributed by atoms with Crippen molar-refractivity contribution in [2.24, 2.45) is 0 Å². The van der Waals surface area contributed by atoms with E-state index in [1.807, 2.05) is 26.8 Å². The molecule has 0 atom stereocenters. The zero-order valence-corrected chi connectivity index (χ0v) is 13.1. The monoisotopic (exact) mass is 303 g/mol. The fourth-order valence-electron chi connectivity index (χ4n) is 2.23. The van der Waals surface area contributed by atoms with Crippen LogP contribution in [0.25, 0.3) is 0 Å². The second-order valence-electron chi connectivity index (χ2n) is 4.89. The van der Waals surface area contributed by atoms with E-state index in [0.717, 1.165) is 11.1 Å². The van der Waals surface area contributed by atoms with Crippen molar-refractivity contribution in [3.05, 3.63) is 57.6 Å². The first-order valence-electron chi connectivity index (χ1n) is 6.78. The number of anilines is 1. The number of ether oxygens (including phenoxy) is 1. The van der Waals surface area contributed by atoms with Crippen LogP contribution in [0.2, 0.25) is 5.02 Å². The number of rotatable bonds is 4. The molecule has 2 aromatic rings. The number of ketones is 1. The molecule has 0 spiro atoms. The summed E-state index contributed by atoms with van der Waals surface area (Å²) in [7, 11) is 0. The maximum atomic E-state index is 12.8. The van der Waals surface area contributed by atoms with Crippen LogP contribution in [0.1, 0.15) is 34.0 Å². The lowest BCUT2D eigenvalue weighted by atomic mass is 9.95. The number of benzene rings is 2. The third-order valence-corrected chi connectivity index (χ3v) is 3.74. The molecule has 2 aromatic carbocycles. The Morgan fingerprint density at radius 1 is 1.24 bits per heavy atom. The predicted molar refractivity (Wildman–Crippen MR) is 86.4 cm³/mol. The van der Waals surface area contributed by atoms with Crippen molar-refractivity contribution in [1.29, 1.82) is 0 Å². The Morgan fingerprint density at radius 3 is 2.43 bits per heavy atom. The summed E-state index contributed by atoms with van der Waals surface area (Å²) in [5, 5.41) is 0.565. The normalized spacial score (nSPS) is 10.5. The molecule has 0 radical (unpaired) electrons. The van der Waals surface area contributed by atoms with Gasteiger partial charge in [0.15, 0.2) is 5.78 Å². The van der Waals surface area contributed by atoms with Gasteiger partial charge in [0.1, 0.15) is 5.75 Å². The molecular weight excluding hydrogens is 286 g/mol. The van der Waals surface area contributed by atoms with Gasteiger partial charge in [-0.2, -0.15) is 0 Å². The Hall–Kier alpha value is -2.00. The number of carbonyl (C=O) groups excluding carboxylic acids is 1. The molecule has 110 valence electrons. The van der Waals surface area contributed by atoms with Crippen LogP contribution >= 0.6 is 11.6 Å². The minimum Gasteiger partial charge on any atom is -0.493 e. The third kappa shape index (κ3) is 3.03. The molecule has 0 aliphatic carbocycles. The molecule has 4 heteroatoms. The summed E-state index contributed by atoms with van der Waals surface area (Å²) in [6.45, 7) is 6.09. The Morgan fingerprint density at radius 2 is 1.86 bits per heavy atom. The number of hydrogen-bond acceptors (Lipinski definition) is 3. The molecule has 0 aromatic heterocycles. The first kappa shape index (κ1) is 15.4. The highest BCUT2D eigenvalue weighted by atomic mass is 35.5. The highest BCUT2D eigenvalue weighted by Crippen LogP contribution is 2.34. The summed E-state index contributed by atoms with van der Waals surface area (Å²) in [6, 6.07) is 8.66. The minimum atomic E-state index is -0.110. The van der Waals surface area contributed by atoms with Gasteiger partial charge in [-0.25, -0.2) is 0 Å². The van der Waals surface area contributed by atoms with E-state index in [4.69, 9.17) is 22.1 Å². The van der Waals surface area contributed by atoms with Gasteiger partial charge in [0.05, 0.1) is 12.2 Å². The van der Waals surface area contributed by atoms with Gasteiger partial charge < -0.3 is 10.5 Å². The first-order chi connectivity index (χ1) is 9.95. The van der Waals surface area contributed by atoms with E-state index in [1.54, 1.807) is 24.3 Å². The number of nitrogen functional groups attached to an aromatic ring is 1. The second-order valence-corrected chi connectivity index (χ2v) is 5.30. The second kappa shape index (κ2) is 6.19. The molecular formula is C17H18ClNO2. The quantitative estimate of drug-likeness (QED) is 0.681. The molecule has 0 aliphatic rings. The summed E-state index contributed by atoms with van der Waals surface area (Å²) in [6.07, 6.45) is 0. The summed E-state index contributed by atoms with van der Waals surface area (Å²) >= 11 is 6.22. The largest absolute Gasteiger partial charge is 0.493 e. The molecule has 0 fully saturated rings. The van der Waals surface area contributed by atoms with Gasteiger partial charge in [-0.05, 0) is 62.2 Å². The van der Waals surface area contributed by atoms with Crippen LogP contribution in [0, 0.1) is 13.8 Å². The van der Waals surface area contributed by atoms with Crippen molar-refractivity contribution < 1.29 is 9.53 Å². The van der Waals surface area contributed by atoms with Crippen LogP contribution in [-0.4, -0.2) is 12.4 Å². The number of hydrogen-bond donors (Lipinski definition) is 1. The van der Waals surface area contributed by atoms with E-state index in [0.29, 0.717) is 34.2 Å². The molecule has 2 rings (SSSR count). The Balaban J connectivity index is 2.60. The smallest absolute Gasteiger partial charge is 0.197 e. The van der Waals surface area contributed by atoms with Crippen molar-refractivity contribution in [2.45, 2.75) is 20.8 Å². The summed E-state index contributed by atoms with van der Waals surface area (Å²) < 4.78 is 5.67. The van der Waals surface area contributed by atoms with Crippen molar-refractivity contribution in [1.82, 2.24) is 0 Å². The summed E-state index contributed by atoms with van der Waals surface area (Å²) in [4.78, 5) is 12.8. The van der Waals surface area contributed by atoms with E-state index in [2.05, 4.69) is 0 Å². The molecule has 2 N–H and O–H groups in total. The van der Waals surface area contributed by atoms with Crippen LogP contribution in [0.3, 0.4) is 0 Å². The molecule has 0 amide bonds. The van der Waals surface area contributed by atoms with Gasteiger partial charge in [0, 0.05) is 16.3 Å². The molecule has 0 heterocycles. The van der Waals surface area contributed by atoms with Gasteiger partial charge in [0.2, 0.25) is 0 Å². The van der Waals surface area contributed by atoms with Crippen molar-refractivity contribution in [3.8, 4) is 5.75 Å². The molecule has 0 unspecified atom stereocenters. The van der Waals surface area contributed by atoms with E-state index < -0.39 is 0 Å². The maximum absolute atomic E-state index is 12.8. The van der Waals surface area contributed by atoms with Gasteiger partial charge >= 0.3 is 0 Å². The summed E-state index contributed by atoms with van der Waals surface area (Å²) in [5.41, 5.74) is 8.95. The maximum Gasteiger partial charge on any atom is 0.197 e. The van der Waals surface area contributed by atoms with E-state index in [9.17, 15) is 4.79 Å². The van der Waals surface area contributed by atoms with Crippen LogP contribution in [0.4, 0.5) is 5.69 Å². The predicted octanol–water partition coefficient (Wildman–Crippen LogP) is 4.17. The van der Waals surface area contributed by atoms with E-state index in [1.165, 1.54) is 0 Å². The molecule has 0 saturated heterocycles. The standard InChI is InChI=1S/C17H18ClNO2/c1-4-21-17-10(2)9-14(18)11(3)15(17)16(20)12-5-7-13(19)8-6-12/h5-9H,4,19H2,1-3H3. The molecule has 0 saturated carbocycles. The van der Waals surface area contributed by atoms with Crippen molar-refractivity contribution in [2.75, 3.05) is 12.3 Å². The average Bonchev–Trinajstić information content (AvgIpc) is 2.45. The molecule has 21 heavy (non-hydrogen) atoms. The van der Waals surface area contributed by atoms with Crippen LogP contribution < -0.4 is 10.5 Å². The lowest BCUT2D eigenvalue weighted by Crippen LogP contribution is -2.09. The van der Waals surface area contributed by atoms with E-state index >= 15 is 0 Å². The highest BCUT2D eigenvalue weighted by Gasteiger charge is 2.21. The Bertz CT molecular complexity index is 678. The Labute approximate surface area is 129 Å². The number of halogens is 1. The van der Waals surface area contributed by atoms with Crippen LogP contribution in [0.5, 0.6) is 5.75 Å². The fourth-order valence-corrected chi connectivity index (χ4v) is 2.49. The van der Waals surface area contributed by atoms with Crippen molar-refractivity contribution >= 4 is 23.1 Å². The van der Waals surface area contributed by atoms with E-state index in [-0.39, 0.29) is 5.78 Å². The lowest BCUT2D eigenvalue weighted by Gasteiger charge is -2.16. The van der Waals surface area contributed by atoms with Gasteiger partial charge in [-0.1, -0.05) is 11.6 Å². The van der Waals surface area contributed by atoms with Gasteiger partial charge in [-0.3, -0.25) is 4.79 Å². The highest BCUT2D eigenvalue weighted by molar-refractivity contribution is 6.32. The molecule has 0 aliphatic heterocycles. The molecule has 3 nitrogen and oxygen atoms in total. The average molecular weight is 304 g/mol. The molecule has 0 bridgehead atoms. The summed E-state index contributed by atoms with van der Waals surface area (Å²) in [5.74, 6) is 0.489. The number of carbonyl (C=O) groups is 1. The number of nitrogens with two attached hydrogens (primary N) is 1. The van der Waals surface area contributed by atoms with Crippen LogP contribution in [-0.2, 0) is 0 Å². The number of aryl methyl sites for hydroxylation is 1. The zero-order valence-electron chi connectivity index (χ0n) is 12.4. The Kier molecular flexibility index (Phi) is 4.53. The fraction of sp³-hybridized carbons (Fsp3) is 0.235. The third-order valence-electron chi connectivity index (χ3n) is 3.35. The topological polar surface area (TPSA) is 52.3 Å². The minimum absolute atomic E-state index is 0.110. The van der Waals surface area contributed by atoms with Gasteiger partial charge in [-0.15, -0.1) is 0 Å².